The molecule has 0 radical (unpaired) electrons. The zero-order valence-corrected chi connectivity index (χ0v) is 16.1. The van der Waals surface area contributed by atoms with E-state index in [1.165, 1.54) is 19.8 Å². The molecule has 4 nitrogen and oxygen atoms in total. The zero-order chi connectivity index (χ0) is 18.6. The van der Waals surface area contributed by atoms with Gasteiger partial charge in [0.25, 0.3) is 0 Å². The Kier molecular flexibility index (Phi) is 4.36. The summed E-state index contributed by atoms with van der Waals surface area (Å²) in [7, 11) is 0. The molecule has 0 aromatic carbocycles. The fraction of sp³-hybridized carbons (Fsp3) is 0.773. The second-order valence-electron chi connectivity index (χ2n) is 9.39. The minimum absolute atomic E-state index is 0.0157. The van der Waals surface area contributed by atoms with Gasteiger partial charge in [-0.2, -0.15) is 0 Å². The molecule has 26 heavy (non-hydrogen) atoms. The Morgan fingerprint density at radius 3 is 2.54 bits per heavy atom. The van der Waals surface area contributed by atoms with Crippen LogP contribution >= 0.6 is 0 Å². The van der Waals surface area contributed by atoms with Crippen molar-refractivity contribution < 1.29 is 19.1 Å². The number of ether oxygens (including phenoxy) is 1. The lowest BCUT2D eigenvalue weighted by molar-refractivity contribution is -0.141. The summed E-state index contributed by atoms with van der Waals surface area (Å²) in [5.41, 5.74) is 0.159. The van der Waals surface area contributed by atoms with E-state index in [1.54, 1.807) is 6.92 Å². The van der Waals surface area contributed by atoms with Gasteiger partial charge >= 0.3 is 5.97 Å². The highest BCUT2D eigenvalue weighted by atomic mass is 16.5. The van der Waals surface area contributed by atoms with Gasteiger partial charge in [-0.05, 0) is 86.5 Å². The van der Waals surface area contributed by atoms with Crippen LogP contribution in [0.15, 0.2) is 11.8 Å². The molecule has 4 heteroatoms. The third-order valence-corrected chi connectivity index (χ3v) is 8.21. The Labute approximate surface area is 155 Å². The molecule has 0 heterocycles. The highest BCUT2D eigenvalue weighted by Crippen LogP contribution is 2.63. The maximum absolute atomic E-state index is 12.3. The number of ketones is 2. The number of Topliss-reactive ketones (excluding diaryl/α,β-unsaturated/α-hetero) is 2. The summed E-state index contributed by atoms with van der Waals surface area (Å²) in [5.74, 6) is 3.02. The van der Waals surface area contributed by atoms with Gasteiger partial charge in [-0.15, -0.1) is 0 Å². The minimum Gasteiger partial charge on any atom is -0.423 e. The molecular weight excluding hydrogens is 328 g/mol. The predicted octanol–water partition coefficient (Wildman–Crippen LogP) is 4.08. The smallest absolute Gasteiger partial charge is 0.308 e. The Morgan fingerprint density at radius 2 is 1.85 bits per heavy atom. The van der Waals surface area contributed by atoms with E-state index in [4.69, 9.17) is 4.74 Å². The molecule has 4 aliphatic rings. The number of allylic oxidation sites excluding steroid dienone is 2. The number of esters is 1. The van der Waals surface area contributed by atoms with Gasteiger partial charge in [0.1, 0.15) is 5.78 Å². The lowest BCUT2D eigenvalue weighted by atomic mass is 9.50. The van der Waals surface area contributed by atoms with Crippen molar-refractivity contribution in [3.8, 4) is 0 Å². The van der Waals surface area contributed by atoms with Crippen LogP contribution in [0.4, 0.5) is 0 Å². The van der Waals surface area contributed by atoms with Crippen molar-refractivity contribution in [1.29, 1.82) is 0 Å². The van der Waals surface area contributed by atoms with Gasteiger partial charge in [0.05, 0.1) is 0 Å². The summed E-state index contributed by atoms with van der Waals surface area (Å²) in [6, 6.07) is 0. The average molecular weight is 358 g/mol. The quantitative estimate of drug-likeness (QED) is 0.698. The maximum Gasteiger partial charge on any atom is 0.308 e. The second-order valence-corrected chi connectivity index (χ2v) is 9.39. The molecule has 3 fully saturated rings. The average Bonchev–Trinajstić information content (AvgIpc) is 2.92. The lowest BCUT2D eigenvalue weighted by Gasteiger charge is -2.54. The molecular formula is C22H30O4. The number of hydrogen-bond donors (Lipinski definition) is 0. The summed E-state index contributed by atoms with van der Waals surface area (Å²) < 4.78 is 5.22. The molecule has 0 bridgehead atoms. The van der Waals surface area contributed by atoms with E-state index in [-0.39, 0.29) is 22.9 Å². The van der Waals surface area contributed by atoms with E-state index >= 15 is 0 Å². The van der Waals surface area contributed by atoms with Crippen molar-refractivity contribution in [2.24, 2.45) is 40.9 Å². The third kappa shape index (κ3) is 2.68. The highest BCUT2D eigenvalue weighted by Gasteiger charge is 2.57. The van der Waals surface area contributed by atoms with Crippen molar-refractivity contribution >= 4 is 17.5 Å². The first-order valence-corrected chi connectivity index (χ1v) is 10.2. The SMILES string of the molecule is CC(=O)OC1=C[C@H]2C(CC[C@@H]3[C@@H]2CC[C@]2(C)[C@@H](C(C)=O)CC[C@@H]32)CC1=O. The molecule has 0 aromatic rings. The Hall–Kier alpha value is -1.45. The predicted molar refractivity (Wildman–Crippen MR) is 96.9 cm³/mol. The van der Waals surface area contributed by atoms with Gasteiger partial charge in [-0.3, -0.25) is 14.4 Å². The second kappa shape index (κ2) is 6.31. The summed E-state index contributed by atoms with van der Waals surface area (Å²) in [6.07, 6.45) is 9.20. The lowest BCUT2D eigenvalue weighted by Crippen LogP contribution is -2.49. The van der Waals surface area contributed by atoms with Gasteiger partial charge in [-0.1, -0.05) is 6.92 Å². The number of hydrogen-bond acceptors (Lipinski definition) is 4. The van der Waals surface area contributed by atoms with Crippen LogP contribution in [0.25, 0.3) is 0 Å². The van der Waals surface area contributed by atoms with Crippen LogP contribution in [0, 0.1) is 40.9 Å². The van der Waals surface area contributed by atoms with E-state index in [9.17, 15) is 14.4 Å². The molecule has 4 aliphatic carbocycles. The zero-order valence-electron chi connectivity index (χ0n) is 16.1. The van der Waals surface area contributed by atoms with Gasteiger partial charge in [0.2, 0.25) is 0 Å². The minimum atomic E-state index is -0.410. The van der Waals surface area contributed by atoms with Crippen molar-refractivity contribution in [2.75, 3.05) is 0 Å². The van der Waals surface area contributed by atoms with Crippen LogP contribution in [-0.4, -0.2) is 17.5 Å². The van der Waals surface area contributed by atoms with Crippen molar-refractivity contribution in [3.63, 3.8) is 0 Å². The number of fused-ring (bicyclic) bond motifs is 5. The monoisotopic (exact) mass is 358 g/mol. The van der Waals surface area contributed by atoms with Crippen LogP contribution in [0.1, 0.15) is 65.7 Å². The van der Waals surface area contributed by atoms with E-state index in [1.807, 2.05) is 6.08 Å². The molecule has 0 N–H and O–H groups in total. The first-order chi connectivity index (χ1) is 12.3. The van der Waals surface area contributed by atoms with Gasteiger partial charge in [0, 0.05) is 19.3 Å². The first-order valence-electron chi connectivity index (χ1n) is 10.2. The molecule has 1 unspecified atom stereocenters. The van der Waals surface area contributed by atoms with Crippen LogP contribution in [0.3, 0.4) is 0 Å². The Bertz CT molecular complexity index is 678. The highest BCUT2D eigenvalue weighted by molar-refractivity contribution is 5.96. The normalized spacial score (nSPS) is 44.4. The molecule has 4 rings (SSSR count). The van der Waals surface area contributed by atoms with Gasteiger partial charge in [-0.25, -0.2) is 0 Å². The Balaban J connectivity index is 1.61. The molecule has 0 spiro atoms. The topological polar surface area (TPSA) is 60.4 Å². The van der Waals surface area contributed by atoms with Crippen LogP contribution in [-0.2, 0) is 19.1 Å². The fourth-order valence-corrected chi connectivity index (χ4v) is 7.18. The molecule has 0 amide bonds. The number of rotatable bonds is 2. The number of carbonyl (C=O) groups is 3. The largest absolute Gasteiger partial charge is 0.423 e. The summed E-state index contributed by atoms with van der Waals surface area (Å²) in [4.78, 5) is 35.8. The van der Waals surface area contributed by atoms with Gasteiger partial charge < -0.3 is 4.74 Å². The molecule has 0 saturated heterocycles. The molecule has 3 saturated carbocycles. The van der Waals surface area contributed by atoms with E-state index in [0.29, 0.717) is 41.8 Å². The van der Waals surface area contributed by atoms with E-state index in [2.05, 4.69) is 6.92 Å². The molecule has 7 atom stereocenters. The summed E-state index contributed by atoms with van der Waals surface area (Å²) >= 11 is 0. The maximum atomic E-state index is 12.3. The van der Waals surface area contributed by atoms with Crippen molar-refractivity contribution in [1.82, 2.24) is 0 Å². The van der Waals surface area contributed by atoms with Crippen molar-refractivity contribution in [2.45, 2.75) is 65.7 Å². The van der Waals surface area contributed by atoms with Gasteiger partial charge in [0.15, 0.2) is 11.5 Å². The van der Waals surface area contributed by atoms with Crippen LogP contribution in [0.5, 0.6) is 0 Å². The fourth-order valence-electron chi connectivity index (χ4n) is 7.18. The van der Waals surface area contributed by atoms with E-state index < -0.39 is 5.97 Å². The molecule has 0 aromatic heterocycles. The van der Waals surface area contributed by atoms with E-state index in [0.717, 1.165) is 25.7 Å². The Morgan fingerprint density at radius 1 is 1.08 bits per heavy atom. The summed E-state index contributed by atoms with van der Waals surface area (Å²) in [6.45, 7) is 5.47. The summed E-state index contributed by atoms with van der Waals surface area (Å²) in [5, 5.41) is 0. The van der Waals surface area contributed by atoms with Crippen LogP contribution in [0.2, 0.25) is 0 Å². The van der Waals surface area contributed by atoms with Crippen molar-refractivity contribution in [3.05, 3.63) is 11.8 Å². The number of carbonyl (C=O) groups excluding carboxylic acids is 3. The first kappa shape index (κ1) is 17.9. The molecule has 142 valence electrons. The van der Waals surface area contributed by atoms with Crippen LogP contribution < -0.4 is 0 Å². The molecule has 0 aliphatic heterocycles. The third-order valence-electron chi connectivity index (χ3n) is 8.21. The standard InChI is InChI=1S/C22H30O4/c1-12(23)18-6-7-19-16-5-4-14-10-20(25)21(26-13(2)24)11-17(14)15(16)8-9-22(18,19)3/h11,14-19H,4-10H2,1-3H3/t14?,15-,16+,17-,18+,19-,22+/m0/s1.